The maximum absolute atomic E-state index is 12.8. The second-order valence-electron chi connectivity index (χ2n) is 4.28. The molecule has 0 unspecified atom stereocenters. The summed E-state index contributed by atoms with van der Waals surface area (Å²) in [5.41, 5.74) is 6.84. The van der Waals surface area contributed by atoms with E-state index in [4.69, 9.17) is 5.73 Å². The zero-order valence-electron chi connectivity index (χ0n) is 10.9. The Morgan fingerprint density at radius 2 is 2.00 bits per heavy atom. The molecule has 20 heavy (non-hydrogen) atoms. The molecule has 1 aromatic carbocycles. The van der Waals surface area contributed by atoms with Crippen LogP contribution in [0.3, 0.4) is 0 Å². The Balaban J connectivity index is 2.19. The highest BCUT2D eigenvalue weighted by Gasteiger charge is 2.23. The topological polar surface area (TPSA) is 101 Å². The number of aromatic amines is 1. The second kappa shape index (κ2) is 5.70. The molecule has 0 aliphatic rings. The van der Waals surface area contributed by atoms with E-state index in [1.54, 1.807) is 6.92 Å². The standard InChI is InChI=1S/C12H15FN4O2S/c1-8-12(11(6-14)17-16-8)20(18,19)15-7-9-2-4-10(13)5-3-9/h2-5,15H,6-7,14H2,1H3,(H,16,17). The highest BCUT2D eigenvalue weighted by molar-refractivity contribution is 7.89. The van der Waals surface area contributed by atoms with Crippen LogP contribution in [0.15, 0.2) is 29.2 Å². The number of H-pyrrole nitrogens is 1. The number of rotatable bonds is 5. The van der Waals surface area contributed by atoms with Crippen molar-refractivity contribution in [2.24, 2.45) is 5.73 Å². The predicted octanol–water partition coefficient (Wildman–Crippen LogP) is 0.794. The van der Waals surface area contributed by atoms with Crippen LogP contribution in [0.1, 0.15) is 17.0 Å². The summed E-state index contributed by atoms with van der Waals surface area (Å²) in [5, 5.41) is 6.45. The fourth-order valence-corrected chi connectivity index (χ4v) is 3.21. The molecule has 2 aromatic rings. The predicted molar refractivity (Wildman–Crippen MR) is 71.6 cm³/mol. The monoisotopic (exact) mass is 298 g/mol. The summed E-state index contributed by atoms with van der Waals surface area (Å²) in [5.74, 6) is -0.368. The van der Waals surface area contributed by atoms with Gasteiger partial charge in [0.15, 0.2) is 0 Å². The van der Waals surface area contributed by atoms with Gasteiger partial charge in [0.05, 0.1) is 11.4 Å². The summed E-state index contributed by atoms with van der Waals surface area (Å²) in [7, 11) is -3.72. The lowest BCUT2D eigenvalue weighted by atomic mass is 10.2. The van der Waals surface area contributed by atoms with Crippen LogP contribution < -0.4 is 10.5 Å². The van der Waals surface area contributed by atoms with Crippen molar-refractivity contribution in [3.63, 3.8) is 0 Å². The molecular weight excluding hydrogens is 283 g/mol. The summed E-state index contributed by atoms with van der Waals surface area (Å²) in [6, 6.07) is 5.59. The molecule has 1 heterocycles. The molecule has 0 spiro atoms. The van der Waals surface area contributed by atoms with E-state index in [9.17, 15) is 12.8 Å². The quantitative estimate of drug-likeness (QED) is 0.759. The van der Waals surface area contributed by atoms with Gasteiger partial charge in [-0.2, -0.15) is 5.10 Å². The number of aryl methyl sites for hydroxylation is 1. The number of hydrogen-bond acceptors (Lipinski definition) is 4. The molecule has 0 aliphatic heterocycles. The van der Waals surface area contributed by atoms with Crippen molar-refractivity contribution in [2.75, 3.05) is 0 Å². The van der Waals surface area contributed by atoms with E-state index in [0.717, 1.165) is 0 Å². The van der Waals surface area contributed by atoms with Crippen LogP contribution in [-0.2, 0) is 23.1 Å². The lowest BCUT2D eigenvalue weighted by Gasteiger charge is -2.07. The van der Waals surface area contributed by atoms with Gasteiger partial charge in [-0.1, -0.05) is 12.1 Å². The van der Waals surface area contributed by atoms with E-state index < -0.39 is 10.0 Å². The van der Waals surface area contributed by atoms with Crippen LogP contribution in [0.5, 0.6) is 0 Å². The van der Waals surface area contributed by atoms with E-state index in [0.29, 0.717) is 11.3 Å². The summed E-state index contributed by atoms with van der Waals surface area (Å²) in [6.45, 7) is 1.70. The lowest BCUT2D eigenvalue weighted by Crippen LogP contribution is -2.25. The van der Waals surface area contributed by atoms with E-state index in [1.807, 2.05) is 0 Å². The van der Waals surface area contributed by atoms with Crippen LogP contribution in [0, 0.1) is 12.7 Å². The van der Waals surface area contributed by atoms with Crippen LogP contribution in [0.25, 0.3) is 0 Å². The third-order valence-electron chi connectivity index (χ3n) is 2.80. The highest BCUT2D eigenvalue weighted by Crippen LogP contribution is 2.17. The highest BCUT2D eigenvalue weighted by atomic mass is 32.2. The molecule has 1 aromatic heterocycles. The van der Waals surface area contributed by atoms with Crippen LogP contribution >= 0.6 is 0 Å². The number of nitrogens with two attached hydrogens (primary N) is 1. The number of nitrogens with one attached hydrogen (secondary N) is 2. The number of sulfonamides is 1. The molecule has 0 aliphatic carbocycles. The first-order valence-corrected chi connectivity index (χ1v) is 7.40. The van der Waals surface area contributed by atoms with E-state index >= 15 is 0 Å². The number of benzene rings is 1. The molecule has 0 saturated carbocycles. The van der Waals surface area contributed by atoms with Gasteiger partial charge < -0.3 is 5.73 Å². The van der Waals surface area contributed by atoms with E-state index in [-0.39, 0.29) is 29.5 Å². The van der Waals surface area contributed by atoms with Crippen LogP contribution in [0.2, 0.25) is 0 Å². The van der Waals surface area contributed by atoms with Gasteiger partial charge in [0.1, 0.15) is 10.7 Å². The zero-order chi connectivity index (χ0) is 14.8. The number of hydrogen-bond donors (Lipinski definition) is 3. The van der Waals surface area contributed by atoms with Crippen molar-refractivity contribution in [3.8, 4) is 0 Å². The number of aromatic nitrogens is 2. The minimum absolute atomic E-state index is 0.0249. The Bertz CT molecular complexity index is 695. The molecule has 0 saturated heterocycles. The molecule has 4 N–H and O–H groups in total. The third-order valence-corrected chi connectivity index (χ3v) is 4.41. The third kappa shape index (κ3) is 3.03. The van der Waals surface area contributed by atoms with Crippen LogP contribution in [-0.4, -0.2) is 18.6 Å². The molecule has 6 nitrogen and oxygen atoms in total. The van der Waals surface area contributed by atoms with Gasteiger partial charge in [0.2, 0.25) is 10.0 Å². The van der Waals surface area contributed by atoms with E-state index in [2.05, 4.69) is 14.9 Å². The largest absolute Gasteiger partial charge is 0.325 e. The van der Waals surface area contributed by atoms with Gasteiger partial charge in [0.25, 0.3) is 0 Å². The van der Waals surface area contributed by atoms with Crippen LogP contribution in [0.4, 0.5) is 4.39 Å². The smallest absolute Gasteiger partial charge is 0.244 e. The first-order chi connectivity index (χ1) is 9.44. The van der Waals surface area contributed by atoms with Gasteiger partial charge in [-0.3, -0.25) is 5.10 Å². The van der Waals surface area contributed by atoms with Crippen molar-refractivity contribution in [1.82, 2.24) is 14.9 Å². The molecule has 0 atom stereocenters. The van der Waals surface area contributed by atoms with Gasteiger partial charge >= 0.3 is 0 Å². The minimum atomic E-state index is -3.72. The van der Waals surface area contributed by atoms with Crippen molar-refractivity contribution < 1.29 is 12.8 Å². The maximum Gasteiger partial charge on any atom is 0.244 e. The molecule has 0 fully saturated rings. The molecule has 2 rings (SSSR count). The van der Waals surface area contributed by atoms with Crippen molar-refractivity contribution >= 4 is 10.0 Å². The number of nitrogens with zero attached hydrogens (tertiary/aromatic N) is 1. The zero-order valence-corrected chi connectivity index (χ0v) is 11.7. The fourth-order valence-electron chi connectivity index (χ4n) is 1.82. The van der Waals surface area contributed by atoms with Gasteiger partial charge in [-0.05, 0) is 24.6 Å². The second-order valence-corrected chi connectivity index (χ2v) is 5.98. The first kappa shape index (κ1) is 14.6. The number of halogens is 1. The van der Waals surface area contributed by atoms with Gasteiger partial charge in [-0.25, -0.2) is 17.5 Å². The van der Waals surface area contributed by atoms with E-state index in [1.165, 1.54) is 24.3 Å². The molecule has 0 bridgehead atoms. The van der Waals surface area contributed by atoms with Gasteiger partial charge in [-0.15, -0.1) is 0 Å². The lowest BCUT2D eigenvalue weighted by molar-refractivity contribution is 0.579. The molecule has 0 radical (unpaired) electrons. The normalized spacial score (nSPS) is 11.8. The van der Waals surface area contributed by atoms with Crippen molar-refractivity contribution in [1.29, 1.82) is 0 Å². The van der Waals surface area contributed by atoms with Crippen molar-refractivity contribution in [2.45, 2.75) is 24.9 Å². The Morgan fingerprint density at radius 3 is 2.60 bits per heavy atom. The molecular formula is C12H15FN4O2S. The average Bonchev–Trinajstić information content (AvgIpc) is 2.80. The first-order valence-electron chi connectivity index (χ1n) is 5.92. The summed E-state index contributed by atoms with van der Waals surface area (Å²) in [6.07, 6.45) is 0. The summed E-state index contributed by atoms with van der Waals surface area (Å²) in [4.78, 5) is 0.0714. The summed E-state index contributed by atoms with van der Waals surface area (Å²) >= 11 is 0. The molecule has 0 amide bonds. The Labute approximate surface area is 116 Å². The maximum atomic E-state index is 12.8. The summed E-state index contributed by atoms with van der Waals surface area (Å²) < 4.78 is 39.7. The fraction of sp³-hybridized carbons (Fsp3) is 0.250. The Morgan fingerprint density at radius 1 is 1.35 bits per heavy atom. The van der Waals surface area contributed by atoms with Crippen molar-refractivity contribution in [3.05, 3.63) is 47.0 Å². The van der Waals surface area contributed by atoms with Gasteiger partial charge in [0, 0.05) is 13.1 Å². The Hall–Kier alpha value is -1.77. The SMILES string of the molecule is Cc1[nH]nc(CN)c1S(=O)(=O)NCc1ccc(F)cc1. The molecule has 108 valence electrons. The molecule has 8 heteroatoms. The average molecular weight is 298 g/mol. The Kier molecular flexibility index (Phi) is 4.17. The minimum Gasteiger partial charge on any atom is -0.325 e.